The number of amides is 1. The van der Waals surface area contributed by atoms with E-state index in [9.17, 15) is 13.2 Å². The Morgan fingerprint density at radius 2 is 1.67 bits per heavy atom. The van der Waals surface area contributed by atoms with Crippen molar-refractivity contribution in [2.75, 3.05) is 19.1 Å². The zero-order valence-electron chi connectivity index (χ0n) is 24.1. The normalized spacial score (nSPS) is 16.7. The minimum absolute atomic E-state index is 0.00916. The van der Waals surface area contributed by atoms with Crippen molar-refractivity contribution in [2.24, 2.45) is 0 Å². The molecule has 1 aliphatic carbocycles. The van der Waals surface area contributed by atoms with E-state index in [0.29, 0.717) is 41.1 Å². The summed E-state index contributed by atoms with van der Waals surface area (Å²) in [6.45, 7) is 11.5. The Kier molecular flexibility index (Phi) is 11.1. The third kappa shape index (κ3) is 8.30. The molecule has 0 saturated heterocycles. The van der Waals surface area contributed by atoms with Gasteiger partial charge in [0.15, 0.2) is 0 Å². The first-order valence-electron chi connectivity index (χ1n) is 13.6. The van der Waals surface area contributed by atoms with Crippen molar-refractivity contribution in [1.82, 2.24) is 4.90 Å². The summed E-state index contributed by atoms with van der Waals surface area (Å²) < 4.78 is 40.8. The molecule has 2 aromatic carbocycles. The van der Waals surface area contributed by atoms with Crippen molar-refractivity contribution in [3.63, 3.8) is 0 Å². The number of rotatable bonds is 11. The van der Waals surface area contributed by atoms with Crippen molar-refractivity contribution in [2.45, 2.75) is 82.0 Å². The standard InChI is InChI=1S/C30H43NO5SSeSi/c1-30(2,3)39(5,6)36-27-20-13-21-28(37(33,34)24-15-9-7-10-16-24)26(27)19-14-22-31(29(32)35-4)23-38-25-17-11-8-12-18-25/h7-12,15-18,27H,13-14,19-23H2,1-6H3/t27-/m0/s1. The number of allylic oxidation sites excluding steroid dienone is 1. The van der Waals surface area contributed by atoms with Crippen LogP contribution in [0.4, 0.5) is 4.79 Å². The Balaban J connectivity index is 1.88. The molecule has 0 N–H and O–H groups in total. The predicted molar refractivity (Wildman–Crippen MR) is 162 cm³/mol. The maximum atomic E-state index is 13.8. The summed E-state index contributed by atoms with van der Waals surface area (Å²) in [5, 5.41) is 0.00916. The fraction of sp³-hybridized carbons (Fsp3) is 0.500. The molecule has 0 fully saturated rings. The van der Waals surface area contributed by atoms with Gasteiger partial charge in [-0.3, -0.25) is 0 Å². The van der Waals surface area contributed by atoms with Gasteiger partial charge in [0.05, 0.1) is 0 Å². The molecule has 214 valence electrons. The van der Waals surface area contributed by atoms with Gasteiger partial charge < -0.3 is 0 Å². The van der Waals surface area contributed by atoms with Crippen LogP contribution in [0, 0.1) is 0 Å². The van der Waals surface area contributed by atoms with Gasteiger partial charge in [0.25, 0.3) is 0 Å². The van der Waals surface area contributed by atoms with Gasteiger partial charge in [-0.25, -0.2) is 0 Å². The molecule has 1 atom stereocenters. The average Bonchev–Trinajstić information content (AvgIpc) is 2.91. The second kappa shape index (κ2) is 13.6. The summed E-state index contributed by atoms with van der Waals surface area (Å²) in [5.74, 6) is 0. The van der Waals surface area contributed by atoms with E-state index in [-0.39, 0.29) is 32.2 Å². The van der Waals surface area contributed by atoms with E-state index in [2.05, 4.69) is 46.0 Å². The first-order valence-corrected chi connectivity index (χ1v) is 20.0. The van der Waals surface area contributed by atoms with Crippen LogP contribution in [0.5, 0.6) is 0 Å². The Morgan fingerprint density at radius 3 is 2.26 bits per heavy atom. The molecule has 0 spiro atoms. The van der Waals surface area contributed by atoms with E-state index in [4.69, 9.17) is 9.16 Å². The summed E-state index contributed by atoms with van der Waals surface area (Å²) in [6.07, 6.45) is 2.73. The topological polar surface area (TPSA) is 72.9 Å². The Hall–Kier alpha value is -1.90. The van der Waals surface area contributed by atoms with Gasteiger partial charge in [-0.05, 0) is 0 Å². The quantitative estimate of drug-likeness (QED) is 0.278. The van der Waals surface area contributed by atoms with Crippen LogP contribution in [0.1, 0.15) is 52.9 Å². The molecule has 6 nitrogen and oxygen atoms in total. The number of carbonyl (C=O) groups is 1. The van der Waals surface area contributed by atoms with Crippen LogP contribution in [-0.4, -0.2) is 67.9 Å². The molecule has 0 unspecified atom stereocenters. The number of methoxy groups -OCH3 is 1. The number of sulfone groups is 1. The summed E-state index contributed by atoms with van der Waals surface area (Å²) in [4.78, 5) is 15.1. The molecule has 9 heteroatoms. The van der Waals surface area contributed by atoms with Crippen LogP contribution < -0.4 is 4.46 Å². The number of carbonyl (C=O) groups excluding carboxylic acids is 1. The van der Waals surface area contributed by atoms with Crippen LogP contribution in [-0.2, 0) is 19.0 Å². The van der Waals surface area contributed by atoms with Crippen molar-refractivity contribution in [3.05, 3.63) is 71.1 Å². The van der Waals surface area contributed by atoms with E-state index >= 15 is 0 Å². The zero-order valence-corrected chi connectivity index (χ0v) is 27.6. The van der Waals surface area contributed by atoms with Gasteiger partial charge in [0.1, 0.15) is 0 Å². The number of hydrogen-bond acceptors (Lipinski definition) is 5. The van der Waals surface area contributed by atoms with E-state index < -0.39 is 18.2 Å². The molecule has 39 heavy (non-hydrogen) atoms. The molecule has 0 aliphatic heterocycles. The summed E-state index contributed by atoms with van der Waals surface area (Å²) in [5.41, 5.74) is 1.48. The average molecular weight is 637 g/mol. The molecule has 2 aromatic rings. The molecule has 1 amide bonds. The van der Waals surface area contributed by atoms with Gasteiger partial charge >= 0.3 is 243 Å². The van der Waals surface area contributed by atoms with E-state index in [1.807, 2.05) is 24.3 Å². The fourth-order valence-electron chi connectivity index (χ4n) is 4.44. The number of benzene rings is 2. The van der Waals surface area contributed by atoms with Crippen molar-refractivity contribution >= 4 is 43.7 Å². The number of ether oxygens (including phenoxy) is 1. The second-order valence-corrected chi connectivity index (χ2v) is 20.3. The third-order valence-corrected chi connectivity index (χ3v) is 16.4. The van der Waals surface area contributed by atoms with E-state index in [0.717, 1.165) is 18.4 Å². The molecule has 1 aliphatic rings. The Morgan fingerprint density at radius 1 is 1.05 bits per heavy atom. The van der Waals surface area contributed by atoms with Gasteiger partial charge in [-0.1, -0.05) is 0 Å². The van der Waals surface area contributed by atoms with E-state index in [1.54, 1.807) is 29.2 Å². The van der Waals surface area contributed by atoms with E-state index in [1.165, 1.54) is 11.6 Å². The number of hydrogen-bond donors (Lipinski definition) is 0. The molecule has 0 radical (unpaired) electrons. The van der Waals surface area contributed by atoms with Crippen LogP contribution in [0.3, 0.4) is 0 Å². The minimum atomic E-state index is -3.64. The summed E-state index contributed by atoms with van der Waals surface area (Å²) >= 11 is 0.0926. The fourth-order valence-corrected chi connectivity index (χ4v) is 9.42. The van der Waals surface area contributed by atoms with Crippen molar-refractivity contribution in [3.8, 4) is 0 Å². The molecule has 3 rings (SSSR count). The molecule has 0 aromatic heterocycles. The van der Waals surface area contributed by atoms with Crippen LogP contribution in [0.15, 0.2) is 76.0 Å². The maximum absolute atomic E-state index is 13.8. The molecule has 0 heterocycles. The van der Waals surface area contributed by atoms with Crippen molar-refractivity contribution in [1.29, 1.82) is 0 Å². The van der Waals surface area contributed by atoms with Gasteiger partial charge in [-0.15, -0.1) is 0 Å². The number of nitrogens with zero attached hydrogens (tertiary/aromatic N) is 1. The SMILES string of the molecule is COC(=O)N(CCCC1=C(S(=O)(=O)c2ccccc2)CCC[C@@H]1O[Si](C)(C)C(C)(C)C)C[Se]c1ccccc1. The first-order chi connectivity index (χ1) is 18.4. The van der Waals surface area contributed by atoms with Crippen LogP contribution in [0.25, 0.3) is 0 Å². The zero-order chi connectivity index (χ0) is 28.7. The monoisotopic (exact) mass is 637 g/mol. The molecule has 0 saturated carbocycles. The second-order valence-electron chi connectivity index (χ2n) is 11.4. The third-order valence-electron chi connectivity index (χ3n) is 7.68. The summed E-state index contributed by atoms with van der Waals surface area (Å²) in [6, 6.07) is 18.8. The molecular weight excluding hydrogens is 593 g/mol. The Labute approximate surface area is 242 Å². The first kappa shape index (κ1) is 31.6. The summed E-state index contributed by atoms with van der Waals surface area (Å²) in [7, 11) is -4.38. The Bertz CT molecular complexity index is 1230. The van der Waals surface area contributed by atoms with Crippen LogP contribution in [0.2, 0.25) is 18.1 Å². The molecular formula is C30H43NO5SSeSi. The van der Waals surface area contributed by atoms with Crippen LogP contribution >= 0.6 is 0 Å². The van der Waals surface area contributed by atoms with Gasteiger partial charge in [0, 0.05) is 0 Å². The van der Waals surface area contributed by atoms with Gasteiger partial charge in [0.2, 0.25) is 0 Å². The predicted octanol–water partition coefficient (Wildman–Crippen LogP) is 6.12. The van der Waals surface area contributed by atoms with Crippen molar-refractivity contribution < 1.29 is 22.4 Å². The molecule has 0 bridgehead atoms. The van der Waals surface area contributed by atoms with Gasteiger partial charge in [-0.2, -0.15) is 0 Å².